The summed E-state index contributed by atoms with van der Waals surface area (Å²) in [6.07, 6.45) is 4.39. The molecule has 3 heterocycles. The molecule has 2 aliphatic heterocycles. The molecule has 1 aromatic heterocycles. The Morgan fingerprint density at radius 3 is 2.41 bits per heavy atom. The van der Waals surface area contributed by atoms with Gasteiger partial charge in [0, 0.05) is 57.9 Å². The molecule has 0 saturated carbocycles. The molecule has 3 rings (SSSR count). The van der Waals surface area contributed by atoms with Crippen molar-refractivity contribution in [1.29, 1.82) is 0 Å². The van der Waals surface area contributed by atoms with Gasteiger partial charge in [0.05, 0.1) is 12.2 Å². The van der Waals surface area contributed by atoms with Gasteiger partial charge in [0.15, 0.2) is 5.96 Å². The van der Waals surface area contributed by atoms with Crippen LogP contribution in [-0.2, 0) is 11.2 Å². The van der Waals surface area contributed by atoms with Gasteiger partial charge in [-0.15, -0.1) is 0 Å². The lowest BCUT2D eigenvalue weighted by Gasteiger charge is -2.37. The molecule has 1 aromatic rings. The number of nitrogens with one attached hydrogen (secondary N) is 1. The Hall–Kier alpha value is -2.09. The highest BCUT2D eigenvalue weighted by molar-refractivity contribution is 5.80. The Labute approximate surface area is 174 Å². The molecule has 8 heteroatoms. The van der Waals surface area contributed by atoms with E-state index in [0.29, 0.717) is 13.1 Å². The molecule has 1 amide bonds. The maximum atomic E-state index is 12.5. The molecule has 8 nitrogen and oxygen atoms in total. The first-order chi connectivity index (χ1) is 14.1. The maximum Gasteiger partial charge on any atom is 0.236 e. The Morgan fingerprint density at radius 2 is 1.79 bits per heavy atom. The minimum Gasteiger partial charge on any atom is -0.361 e. The molecule has 29 heavy (non-hydrogen) atoms. The Morgan fingerprint density at radius 1 is 1.07 bits per heavy atom. The predicted octanol–water partition coefficient (Wildman–Crippen LogP) is 1.43. The zero-order chi connectivity index (χ0) is 20.6. The molecule has 0 unspecified atom stereocenters. The van der Waals surface area contributed by atoms with Gasteiger partial charge in [-0.2, -0.15) is 0 Å². The minimum absolute atomic E-state index is 0.290. The average Bonchev–Trinajstić information content (AvgIpc) is 3.06. The van der Waals surface area contributed by atoms with E-state index in [1.807, 2.05) is 18.7 Å². The van der Waals surface area contributed by atoms with Gasteiger partial charge in [-0.05, 0) is 46.5 Å². The van der Waals surface area contributed by atoms with Crippen molar-refractivity contribution in [2.24, 2.45) is 4.99 Å². The van der Waals surface area contributed by atoms with Crippen LogP contribution in [0.4, 0.5) is 0 Å². The van der Waals surface area contributed by atoms with Crippen LogP contribution in [0.5, 0.6) is 0 Å². The fourth-order valence-corrected chi connectivity index (χ4v) is 4.11. The van der Waals surface area contributed by atoms with E-state index in [0.717, 1.165) is 88.1 Å². The van der Waals surface area contributed by atoms with Crippen molar-refractivity contribution in [3.63, 3.8) is 0 Å². The largest absolute Gasteiger partial charge is 0.361 e. The number of carbonyl (C=O) groups excluding carboxylic acids is 1. The van der Waals surface area contributed by atoms with Gasteiger partial charge in [-0.25, -0.2) is 0 Å². The van der Waals surface area contributed by atoms with Gasteiger partial charge in [-0.3, -0.25) is 14.7 Å². The molecule has 0 aliphatic carbocycles. The summed E-state index contributed by atoms with van der Waals surface area (Å²) in [7, 11) is 0. The van der Waals surface area contributed by atoms with E-state index < -0.39 is 0 Å². The van der Waals surface area contributed by atoms with Crippen LogP contribution in [-0.4, -0.2) is 90.6 Å². The highest BCUT2D eigenvalue weighted by atomic mass is 16.5. The highest BCUT2D eigenvalue weighted by Gasteiger charge is 2.24. The van der Waals surface area contributed by atoms with Crippen molar-refractivity contribution in [2.75, 3.05) is 58.9 Å². The molecule has 2 aliphatic rings. The number of nitrogens with zero attached hydrogens (tertiary/aromatic N) is 5. The Bertz CT molecular complexity index is 668. The Balaban J connectivity index is 1.48. The van der Waals surface area contributed by atoms with Gasteiger partial charge >= 0.3 is 0 Å². The SMILES string of the molecule is CCNC(=NCCc1c(C)noc1C)N1CCN(CC(=O)N2CCCCC2)CC1. The number of guanidine groups is 1. The minimum atomic E-state index is 0.290. The third-order valence-corrected chi connectivity index (χ3v) is 5.88. The topological polar surface area (TPSA) is 77.2 Å². The second kappa shape index (κ2) is 10.6. The second-order valence-electron chi connectivity index (χ2n) is 7.99. The van der Waals surface area contributed by atoms with E-state index in [1.165, 1.54) is 6.42 Å². The standard InChI is InChI=1S/C21H36N6O2/c1-4-22-21(23-9-8-19-17(2)24-29-18(19)3)27-14-12-25(13-15-27)16-20(28)26-10-6-5-7-11-26/h4-16H2,1-3H3,(H,22,23). The summed E-state index contributed by atoms with van der Waals surface area (Å²) in [5.41, 5.74) is 2.11. The van der Waals surface area contributed by atoms with Crippen LogP contribution in [0.3, 0.4) is 0 Å². The monoisotopic (exact) mass is 404 g/mol. The number of piperazine rings is 1. The second-order valence-corrected chi connectivity index (χ2v) is 7.99. The van der Waals surface area contributed by atoms with Crippen molar-refractivity contribution < 1.29 is 9.32 Å². The van der Waals surface area contributed by atoms with Crippen molar-refractivity contribution in [2.45, 2.75) is 46.5 Å². The third kappa shape index (κ3) is 5.95. The van der Waals surface area contributed by atoms with Crippen LogP contribution in [0.2, 0.25) is 0 Å². The number of hydrogen-bond donors (Lipinski definition) is 1. The van der Waals surface area contributed by atoms with Gasteiger partial charge in [0.2, 0.25) is 5.91 Å². The number of likely N-dealkylation sites (tertiary alicyclic amines) is 1. The van der Waals surface area contributed by atoms with Crippen LogP contribution >= 0.6 is 0 Å². The van der Waals surface area contributed by atoms with Crippen molar-refractivity contribution in [1.82, 2.24) is 25.2 Å². The number of aromatic nitrogens is 1. The highest BCUT2D eigenvalue weighted by Crippen LogP contribution is 2.13. The van der Waals surface area contributed by atoms with Crippen LogP contribution in [0.1, 0.15) is 43.2 Å². The fraction of sp³-hybridized carbons (Fsp3) is 0.762. The zero-order valence-corrected chi connectivity index (χ0v) is 18.2. The zero-order valence-electron chi connectivity index (χ0n) is 18.2. The lowest BCUT2D eigenvalue weighted by molar-refractivity contribution is -0.133. The fourth-order valence-electron chi connectivity index (χ4n) is 4.11. The Kier molecular flexibility index (Phi) is 7.91. The molecule has 0 radical (unpaired) electrons. The van der Waals surface area contributed by atoms with Crippen molar-refractivity contribution in [3.05, 3.63) is 17.0 Å². The van der Waals surface area contributed by atoms with Gasteiger partial charge in [0.1, 0.15) is 5.76 Å². The molecule has 0 bridgehead atoms. The van der Waals surface area contributed by atoms with Gasteiger partial charge < -0.3 is 19.6 Å². The first kappa shape index (κ1) is 21.6. The molecular formula is C21H36N6O2. The smallest absolute Gasteiger partial charge is 0.236 e. The van der Waals surface area contributed by atoms with E-state index in [9.17, 15) is 4.79 Å². The first-order valence-electron chi connectivity index (χ1n) is 11.0. The molecule has 2 saturated heterocycles. The lowest BCUT2D eigenvalue weighted by atomic mass is 10.1. The van der Waals surface area contributed by atoms with E-state index in [-0.39, 0.29) is 5.91 Å². The molecule has 0 aromatic carbocycles. The average molecular weight is 405 g/mol. The molecule has 162 valence electrons. The number of aryl methyl sites for hydroxylation is 2. The van der Waals surface area contributed by atoms with Crippen LogP contribution in [0.15, 0.2) is 9.52 Å². The molecule has 1 N–H and O–H groups in total. The van der Waals surface area contributed by atoms with E-state index >= 15 is 0 Å². The maximum absolute atomic E-state index is 12.5. The summed E-state index contributed by atoms with van der Waals surface area (Å²) in [5.74, 6) is 2.13. The summed E-state index contributed by atoms with van der Waals surface area (Å²) in [4.78, 5) is 24.0. The normalized spacial score (nSPS) is 18.9. The van der Waals surface area contributed by atoms with Crippen LogP contribution in [0.25, 0.3) is 0 Å². The van der Waals surface area contributed by atoms with Crippen LogP contribution < -0.4 is 5.32 Å². The first-order valence-corrected chi connectivity index (χ1v) is 11.0. The number of hydrogen-bond acceptors (Lipinski definition) is 5. The summed E-state index contributed by atoms with van der Waals surface area (Å²) in [6, 6.07) is 0. The van der Waals surface area contributed by atoms with Gasteiger partial charge in [-0.1, -0.05) is 5.16 Å². The number of rotatable bonds is 6. The lowest BCUT2D eigenvalue weighted by Crippen LogP contribution is -2.54. The van der Waals surface area contributed by atoms with Crippen molar-refractivity contribution >= 4 is 11.9 Å². The third-order valence-electron chi connectivity index (χ3n) is 5.88. The summed E-state index contributed by atoms with van der Waals surface area (Å²) in [5, 5.41) is 7.43. The molecule has 0 spiro atoms. The molecular weight excluding hydrogens is 368 g/mol. The van der Waals surface area contributed by atoms with E-state index in [1.54, 1.807) is 0 Å². The number of amides is 1. The van der Waals surface area contributed by atoms with Crippen LogP contribution in [0, 0.1) is 13.8 Å². The van der Waals surface area contributed by atoms with Gasteiger partial charge in [0.25, 0.3) is 0 Å². The number of carbonyl (C=O) groups is 1. The summed E-state index contributed by atoms with van der Waals surface area (Å²) in [6.45, 7) is 13.6. The predicted molar refractivity (Wildman–Crippen MR) is 114 cm³/mol. The molecule has 0 atom stereocenters. The van der Waals surface area contributed by atoms with E-state index in [4.69, 9.17) is 9.52 Å². The molecule has 2 fully saturated rings. The summed E-state index contributed by atoms with van der Waals surface area (Å²) < 4.78 is 5.24. The number of piperidine rings is 1. The van der Waals surface area contributed by atoms with E-state index in [2.05, 4.69) is 27.2 Å². The van der Waals surface area contributed by atoms with Crippen molar-refractivity contribution in [3.8, 4) is 0 Å². The number of aliphatic imine (C=N–C) groups is 1. The summed E-state index contributed by atoms with van der Waals surface area (Å²) >= 11 is 0. The quantitative estimate of drug-likeness (QED) is 0.571.